The molecule has 31 heavy (non-hydrogen) atoms. The van der Waals surface area contributed by atoms with Gasteiger partial charge in [-0.3, -0.25) is 19.9 Å². The second kappa shape index (κ2) is 8.02. The first kappa shape index (κ1) is 20.3. The van der Waals surface area contributed by atoms with Crippen LogP contribution >= 0.6 is 0 Å². The Morgan fingerprint density at radius 3 is 2.29 bits per heavy atom. The minimum Gasteiger partial charge on any atom is -0.318 e. The number of amides is 4. The van der Waals surface area contributed by atoms with Crippen molar-refractivity contribution < 1.29 is 14.4 Å². The third kappa shape index (κ3) is 3.66. The normalized spacial score (nSPS) is 15.5. The summed E-state index contributed by atoms with van der Waals surface area (Å²) in [5.74, 6) is -1.35. The van der Waals surface area contributed by atoms with Gasteiger partial charge in [-0.25, -0.2) is 9.69 Å². The first-order valence-corrected chi connectivity index (χ1v) is 10.0. The van der Waals surface area contributed by atoms with Gasteiger partial charge in [-0.15, -0.1) is 0 Å². The number of anilines is 1. The molecule has 1 saturated heterocycles. The molecule has 0 unspecified atom stereocenters. The standard InChI is InChI=1S/C24H22N4O3/c1-4-17-5-7-19(8-6-17)28-23(30)21(22(29)26-24(28)31)14-18-13-15(2)27(16(18)3)20-9-11-25-12-10-20/h5-14H,4H2,1-3H3,(H,26,29,31)/b21-14-. The number of urea groups is 1. The molecule has 1 fully saturated rings. The van der Waals surface area contributed by atoms with Gasteiger partial charge < -0.3 is 4.57 Å². The average Bonchev–Trinajstić information content (AvgIpc) is 3.05. The first-order chi connectivity index (χ1) is 14.9. The van der Waals surface area contributed by atoms with Gasteiger partial charge in [0.1, 0.15) is 5.57 Å². The molecule has 0 bridgehead atoms. The summed E-state index contributed by atoms with van der Waals surface area (Å²) < 4.78 is 2.02. The number of barbiturate groups is 1. The maximum absolute atomic E-state index is 13.1. The number of nitrogens with zero attached hydrogens (tertiary/aromatic N) is 3. The molecule has 0 saturated carbocycles. The van der Waals surface area contributed by atoms with E-state index < -0.39 is 17.8 Å². The van der Waals surface area contributed by atoms with E-state index in [1.54, 1.807) is 24.5 Å². The highest BCUT2D eigenvalue weighted by atomic mass is 16.2. The van der Waals surface area contributed by atoms with Crippen LogP contribution in [0.25, 0.3) is 11.8 Å². The molecule has 4 amide bonds. The van der Waals surface area contributed by atoms with E-state index in [2.05, 4.69) is 10.3 Å². The fraction of sp³-hybridized carbons (Fsp3) is 0.167. The molecule has 4 rings (SSSR count). The summed E-state index contributed by atoms with van der Waals surface area (Å²) in [6.07, 6.45) is 5.80. The number of benzene rings is 1. The molecule has 3 heterocycles. The molecule has 1 aromatic carbocycles. The molecule has 2 aromatic heterocycles. The van der Waals surface area contributed by atoms with Crippen LogP contribution in [0.15, 0.2) is 60.4 Å². The minimum atomic E-state index is -0.751. The highest BCUT2D eigenvalue weighted by molar-refractivity contribution is 6.39. The number of nitrogens with one attached hydrogen (secondary N) is 1. The van der Waals surface area contributed by atoms with Crippen LogP contribution in [0.3, 0.4) is 0 Å². The number of hydrogen-bond acceptors (Lipinski definition) is 4. The molecule has 7 nitrogen and oxygen atoms in total. The van der Waals surface area contributed by atoms with Crippen molar-refractivity contribution in [3.05, 3.63) is 82.9 Å². The summed E-state index contributed by atoms with van der Waals surface area (Å²) in [6, 6.07) is 12.1. The summed E-state index contributed by atoms with van der Waals surface area (Å²) in [5, 5.41) is 2.27. The number of aromatic nitrogens is 2. The van der Waals surface area contributed by atoms with Crippen molar-refractivity contribution >= 4 is 29.6 Å². The van der Waals surface area contributed by atoms with E-state index in [4.69, 9.17) is 0 Å². The zero-order chi connectivity index (χ0) is 22.1. The Bertz CT molecular complexity index is 1210. The highest BCUT2D eigenvalue weighted by Gasteiger charge is 2.37. The zero-order valence-electron chi connectivity index (χ0n) is 17.5. The van der Waals surface area contributed by atoms with Crippen molar-refractivity contribution in [3.8, 4) is 5.69 Å². The van der Waals surface area contributed by atoms with Crippen molar-refractivity contribution in [2.75, 3.05) is 4.90 Å². The highest BCUT2D eigenvalue weighted by Crippen LogP contribution is 2.26. The monoisotopic (exact) mass is 414 g/mol. The van der Waals surface area contributed by atoms with Crippen LogP contribution in [0, 0.1) is 13.8 Å². The number of pyridine rings is 1. The van der Waals surface area contributed by atoms with Crippen molar-refractivity contribution in [1.29, 1.82) is 0 Å². The van der Waals surface area contributed by atoms with E-state index in [0.29, 0.717) is 5.69 Å². The summed E-state index contributed by atoms with van der Waals surface area (Å²) in [7, 11) is 0. The zero-order valence-corrected chi connectivity index (χ0v) is 17.5. The average molecular weight is 414 g/mol. The quantitative estimate of drug-likeness (QED) is 0.521. The van der Waals surface area contributed by atoms with E-state index in [0.717, 1.165) is 39.5 Å². The molecular weight excluding hydrogens is 392 g/mol. The topological polar surface area (TPSA) is 84.3 Å². The third-order valence-corrected chi connectivity index (χ3v) is 5.40. The maximum atomic E-state index is 13.1. The van der Waals surface area contributed by atoms with Crippen LogP contribution in [-0.4, -0.2) is 27.4 Å². The van der Waals surface area contributed by atoms with Gasteiger partial charge in [0.25, 0.3) is 11.8 Å². The number of aryl methyl sites for hydroxylation is 2. The SMILES string of the molecule is CCc1ccc(N2C(=O)NC(=O)/C(=C/c3cc(C)n(-c4ccncc4)c3C)C2=O)cc1. The van der Waals surface area contributed by atoms with Crippen LogP contribution in [-0.2, 0) is 16.0 Å². The van der Waals surface area contributed by atoms with Crippen molar-refractivity contribution in [3.63, 3.8) is 0 Å². The van der Waals surface area contributed by atoms with Crippen LogP contribution in [0.2, 0.25) is 0 Å². The third-order valence-electron chi connectivity index (χ3n) is 5.40. The summed E-state index contributed by atoms with van der Waals surface area (Å²) >= 11 is 0. The number of rotatable bonds is 4. The van der Waals surface area contributed by atoms with Gasteiger partial charge in [0.2, 0.25) is 0 Å². The fourth-order valence-corrected chi connectivity index (χ4v) is 3.75. The number of imide groups is 2. The van der Waals surface area contributed by atoms with Crippen molar-refractivity contribution in [2.24, 2.45) is 0 Å². The van der Waals surface area contributed by atoms with Gasteiger partial charge in [-0.05, 0) is 67.8 Å². The van der Waals surface area contributed by atoms with Gasteiger partial charge in [0, 0.05) is 29.5 Å². The second-order valence-electron chi connectivity index (χ2n) is 7.35. The predicted octanol–water partition coefficient (Wildman–Crippen LogP) is 3.72. The lowest BCUT2D eigenvalue weighted by atomic mass is 10.1. The lowest BCUT2D eigenvalue weighted by molar-refractivity contribution is -0.122. The summed E-state index contributed by atoms with van der Waals surface area (Å²) in [5.41, 5.74) is 4.89. The van der Waals surface area contributed by atoms with Gasteiger partial charge in [0.05, 0.1) is 5.69 Å². The molecule has 3 aromatic rings. The number of carbonyl (C=O) groups excluding carboxylic acids is 3. The Morgan fingerprint density at radius 1 is 0.968 bits per heavy atom. The Kier molecular flexibility index (Phi) is 5.25. The maximum Gasteiger partial charge on any atom is 0.335 e. The van der Waals surface area contributed by atoms with Crippen LogP contribution < -0.4 is 10.2 Å². The van der Waals surface area contributed by atoms with E-state index in [-0.39, 0.29) is 5.57 Å². The fourth-order valence-electron chi connectivity index (χ4n) is 3.75. The predicted molar refractivity (Wildman–Crippen MR) is 118 cm³/mol. The Hall–Kier alpha value is -4.00. The summed E-state index contributed by atoms with van der Waals surface area (Å²) in [6.45, 7) is 5.89. The number of carbonyl (C=O) groups is 3. The molecule has 0 atom stereocenters. The first-order valence-electron chi connectivity index (χ1n) is 10.0. The lowest BCUT2D eigenvalue weighted by Crippen LogP contribution is -2.54. The Morgan fingerprint density at radius 2 is 1.65 bits per heavy atom. The van der Waals surface area contributed by atoms with Crippen LogP contribution in [0.4, 0.5) is 10.5 Å². The van der Waals surface area contributed by atoms with E-state index in [9.17, 15) is 14.4 Å². The molecule has 0 spiro atoms. The van der Waals surface area contributed by atoms with Crippen LogP contribution in [0.1, 0.15) is 29.4 Å². The summed E-state index contributed by atoms with van der Waals surface area (Å²) in [4.78, 5) is 43.1. The molecule has 156 valence electrons. The molecule has 1 N–H and O–H groups in total. The van der Waals surface area contributed by atoms with Gasteiger partial charge in [0.15, 0.2) is 0 Å². The molecule has 1 aliphatic heterocycles. The van der Waals surface area contributed by atoms with E-state index >= 15 is 0 Å². The largest absolute Gasteiger partial charge is 0.335 e. The van der Waals surface area contributed by atoms with Gasteiger partial charge >= 0.3 is 6.03 Å². The van der Waals surface area contributed by atoms with Crippen molar-refractivity contribution in [1.82, 2.24) is 14.9 Å². The molecular formula is C24H22N4O3. The van der Waals surface area contributed by atoms with Gasteiger partial charge in [-0.1, -0.05) is 19.1 Å². The Balaban J connectivity index is 1.74. The smallest absolute Gasteiger partial charge is 0.318 e. The molecule has 1 aliphatic rings. The lowest BCUT2D eigenvalue weighted by Gasteiger charge is -2.26. The molecule has 0 radical (unpaired) electrons. The number of hydrogen-bond donors (Lipinski definition) is 1. The second-order valence-corrected chi connectivity index (χ2v) is 7.35. The van der Waals surface area contributed by atoms with Gasteiger partial charge in [-0.2, -0.15) is 0 Å². The van der Waals surface area contributed by atoms with E-state index in [1.807, 2.05) is 55.7 Å². The molecule has 7 heteroatoms. The van der Waals surface area contributed by atoms with Crippen LogP contribution in [0.5, 0.6) is 0 Å². The Labute approximate surface area is 180 Å². The van der Waals surface area contributed by atoms with Crippen molar-refractivity contribution in [2.45, 2.75) is 27.2 Å². The molecule has 0 aliphatic carbocycles. The van der Waals surface area contributed by atoms with E-state index in [1.165, 1.54) is 6.08 Å². The minimum absolute atomic E-state index is 0.0888.